The number of rotatable bonds is 5. The quantitative estimate of drug-likeness (QED) is 0.657. The van der Waals surface area contributed by atoms with Crippen LogP contribution in [0.3, 0.4) is 0 Å². The summed E-state index contributed by atoms with van der Waals surface area (Å²) in [5.41, 5.74) is 2.54. The van der Waals surface area contributed by atoms with Crippen LogP contribution in [0.5, 0.6) is 11.5 Å². The first-order valence-corrected chi connectivity index (χ1v) is 10.9. The van der Waals surface area contributed by atoms with Crippen LogP contribution in [0, 0.1) is 5.92 Å². The van der Waals surface area contributed by atoms with Crippen LogP contribution in [0.4, 0.5) is 5.69 Å². The maximum atomic E-state index is 12.8. The van der Waals surface area contributed by atoms with Crippen LogP contribution in [0.1, 0.15) is 25.0 Å². The predicted octanol–water partition coefficient (Wildman–Crippen LogP) is 4.91. The molecule has 0 fully saturated rings. The smallest absolute Gasteiger partial charge is 0.271 e. The number of amidine groups is 2. The lowest BCUT2D eigenvalue weighted by Crippen LogP contribution is -2.46. The molecule has 2 aliphatic heterocycles. The van der Waals surface area contributed by atoms with E-state index in [9.17, 15) is 4.79 Å². The fraction of sp³-hybridized carbons (Fsp3) is 0.318. The highest BCUT2D eigenvalue weighted by Crippen LogP contribution is 2.42. The Balaban J connectivity index is 1.78. The van der Waals surface area contributed by atoms with Gasteiger partial charge in [0.2, 0.25) is 0 Å². The molecule has 156 valence electrons. The van der Waals surface area contributed by atoms with E-state index in [1.54, 1.807) is 26.0 Å². The molecule has 0 saturated carbocycles. The lowest BCUT2D eigenvalue weighted by molar-refractivity contribution is -0.120. The van der Waals surface area contributed by atoms with Gasteiger partial charge in [-0.05, 0) is 29.7 Å². The molecule has 30 heavy (non-hydrogen) atoms. The van der Waals surface area contributed by atoms with Crippen molar-refractivity contribution in [2.45, 2.75) is 25.6 Å². The summed E-state index contributed by atoms with van der Waals surface area (Å²) in [6.07, 6.45) is 0. The molecule has 8 heteroatoms. The Labute approximate surface area is 184 Å². The number of benzene rings is 2. The number of ether oxygens (including phenoxy) is 2. The topological polar surface area (TPSA) is 63.5 Å². The van der Waals surface area contributed by atoms with Crippen molar-refractivity contribution in [2.24, 2.45) is 15.9 Å². The van der Waals surface area contributed by atoms with Crippen LogP contribution in [0.25, 0.3) is 0 Å². The highest BCUT2D eigenvalue weighted by Gasteiger charge is 2.43. The average molecular weight is 444 g/mol. The number of carbonyl (C=O) groups excluding carboxylic acids is 1. The van der Waals surface area contributed by atoms with Crippen molar-refractivity contribution in [3.05, 3.63) is 52.5 Å². The minimum Gasteiger partial charge on any atom is -0.493 e. The van der Waals surface area contributed by atoms with Crippen molar-refractivity contribution >= 4 is 46.0 Å². The zero-order valence-electron chi connectivity index (χ0n) is 17.2. The zero-order chi connectivity index (χ0) is 21.4. The van der Waals surface area contributed by atoms with E-state index in [0.717, 1.165) is 16.3 Å². The minimum absolute atomic E-state index is 0.0809. The van der Waals surface area contributed by atoms with Crippen molar-refractivity contribution in [2.75, 3.05) is 14.2 Å². The lowest BCUT2D eigenvalue weighted by atomic mass is 10.0. The van der Waals surface area contributed by atoms with Crippen LogP contribution in [-0.2, 0) is 10.5 Å². The normalized spacial score (nSPS) is 17.5. The number of carbonyl (C=O) groups is 1. The molecular formula is C22H22ClN3O3S. The molecule has 2 aliphatic rings. The molecule has 6 nitrogen and oxygen atoms in total. The average Bonchev–Trinajstić information content (AvgIpc) is 3.08. The number of halogens is 1. The Morgan fingerprint density at radius 2 is 1.87 bits per heavy atom. The van der Waals surface area contributed by atoms with E-state index in [-0.39, 0.29) is 17.9 Å². The van der Waals surface area contributed by atoms with Crippen molar-refractivity contribution in [3.63, 3.8) is 0 Å². The van der Waals surface area contributed by atoms with Crippen molar-refractivity contribution in [1.29, 1.82) is 0 Å². The van der Waals surface area contributed by atoms with Gasteiger partial charge < -0.3 is 9.47 Å². The van der Waals surface area contributed by atoms with Crippen LogP contribution in [0.15, 0.2) is 46.4 Å². The molecule has 0 spiro atoms. The standard InChI is InChI=1S/C22H22ClN3O3S/c1-12(2)19-21(27)25-20-15-9-17(28-3)18(29-4)10-16(15)24-22(26(19)20)30-11-13-6-5-7-14(23)8-13/h5-10,12,19H,11H2,1-4H3. The van der Waals surface area contributed by atoms with Gasteiger partial charge in [-0.3, -0.25) is 9.69 Å². The van der Waals surface area contributed by atoms with Gasteiger partial charge in [0.05, 0.1) is 19.9 Å². The summed E-state index contributed by atoms with van der Waals surface area (Å²) in [5.74, 6) is 2.36. The Kier molecular flexibility index (Phi) is 5.75. The minimum atomic E-state index is -0.383. The van der Waals surface area contributed by atoms with Gasteiger partial charge in [-0.2, -0.15) is 4.99 Å². The third-order valence-corrected chi connectivity index (χ3v) is 6.29. The maximum absolute atomic E-state index is 12.8. The van der Waals surface area contributed by atoms with E-state index < -0.39 is 0 Å². The van der Waals surface area contributed by atoms with Crippen molar-refractivity contribution < 1.29 is 14.3 Å². The van der Waals surface area contributed by atoms with Crippen LogP contribution >= 0.6 is 23.4 Å². The lowest BCUT2D eigenvalue weighted by Gasteiger charge is -2.33. The van der Waals surface area contributed by atoms with Crippen LogP contribution in [-0.4, -0.2) is 42.1 Å². The molecular weight excluding hydrogens is 422 g/mol. The number of aliphatic imine (C=N–C) groups is 2. The molecule has 0 aromatic heterocycles. The summed E-state index contributed by atoms with van der Waals surface area (Å²) in [6, 6.07) is 11.0. The maximum Gasteiger partial charge on any atom is 0.271 e. The first-order valence-electron chi connectivity index (χ1n) is 9.57. The number of hydrogen-bond acceptors (Lipinski definition) is 6. The van der Waals surface area contributed by atoms with Crippen molar-refractivity contribution in [1.82, 2.24) is 4.90 Å². The molecule has 1 atom stereocenters. The monoisotopic (exact) mass is 443 g/mol. The van der Waals surface area contributed by atoms with Gasteiger partial charge in [-0.25, -0.2) is 4.99 Å². The third-order valence-electron chi connectivity index (χ3n) is 5.03. The Morgan fingerprint density at radius 3 is 2.53 bits per heavy atom. The fourth-order valence-corrected chi connectivity index (χ4v) is 4.81. The number of methoxy groups -OCH3 is 2. The highest BCUT2D eigenvalue weighted by atomic mass is 35.5. The van der Waals surface area contributed by atoms with Gasteiger partial charge in [-0.1, -0.05) is 49.3 Å². The highest BCUT2D eigenvalue weighted by molar-refractivity contribution is 8.13. The second-order valence-electron chi connectivity index (χ2n) is 7.37. The van der Waals surface area contributed by atoms with Crippen LogP contribution < -0.4 is 9.47 Å². The molecule has 0 radical (unpaired) electrons. The first kappa shape index (κ1) is 20.8. The summed E-state index contributed by atoms with van der Waals surface area (Å²) in [4.78, 5) is 24.0. The number of hydrogen-bond donors (Lipinski definition) is 0. The van der Waals surface area contributed by atoms with Gasteiger partial charge in [0.25, 0.3) is 5.91 Å². The third kappa shape index (κ3) is 3.68. The summed E-state index contributed by atoms with van der Waals surface area (Å²) >= 11 is 7.69. The molecule has 0 saturated heterocycles. The number of thioether (sulfide) groups is 1. The predicted molar refractivity (Wildman–Crippen MR) is 121 cm³/mol. The second kappa shape index (κ2) is 8.32. The van der Waals surface area contributed by atoms with E-state index >= 15 is 0 Å². The van der Waals surface area contributed by atoms with E-state index in [1.807, 2.05) is 55.1 Å². The Hall–Kier alpha value is -2.51. The van der Waals surface area contributed by atoms with Gasteiger partial charge in [0.1, 0.15) is 11.9 Å². The van der Waals surface area contributed by atoms with Gasteiger partial charge >= 0.3 is 0 Å². The zero-order valence-corrected chi connectivity index (χ0v) is 18.8. The van der Waals surface area contributed by atoms with Gasteiger partial charge in [0.15, 0.2) is 16.7 Å². The van der Waals surface area contributed by atoms with Crippen molar-refractivity contribution in [3.8, 4) is 11.5 Å². The van der Waals surface area contributed by atoms with E-state index in [4.69, 9.17) is 26.1 Å². The molecule has 0 bridgehead atoms. The van der Waals surface area contributed by atoms with Gasteiger partial charge in [0, 0.05) is 22.4 Å². The molecule has 0 N–H and O–H groups in total. The van der Waals surface area contributed by atoms with E-state index in [0.29, 0.717) is 33.8 Å². The largest absolute Gasteiger partial charge is 0.493 e. The summed E-state index contributed by atoms with van der Waals surface area (Å²) in [5, 5.41) is 1.43. The number of nitrogens with zero attached hydrogens (tertiary/aromatic N) is 3. The molecule has 2 aromatic rings. The molecule has 0 aliphatic carbocycles. The summed E-state index contributed by atoms with van der Waals surface area (Å²) in [7, 11) is 3.17. The molecule has 1 amide bonds. The molecule has 2 aromatic carbocycles. The summed E-state index contributed by atoms with van der Waals surface area (Å²) < 4.78 is 10.9. The molecule has 2 heterocycles. The Morgan fingerprint density at radius 1 is 1.13 bits per heavy atom. The summed E-state index contributed by atoms with van der Waals surface area (Å²) in [6.45, 7) is 4.04. The van der Waals surface area contributed by atoms with E-state index in [2.05, 4.69) is 4.99 Å². The van der Waals surface area contributed by atoms with Gasteiger partial charge in [-0.15, -0.1) is 0 Å². The Bertz CT molecular complexity index is 1070. The second-order valence-corrected chi connectivity index (χ2v) is 8.75. The fourth-order valence-electron chi connectivity index (χ4n) is 3.62. The van der Waals surface area contributed by atoms with E-state index in [1.165, 1.54) is 0 Å². The molecule has 4 rings (SSSR count). The number of amides is 1. The molecule has 1 unspecified atom stereocenters. The van der Waals surface area contributed by atoms with Crippen LogP contribution in [0.2, 0.25) is 5.02 Å². The SMILES string of the molecule is COc1cc2c(cc1OC)C1=NC(=O)C(C(C)C)N1C(SCc1cccc(Cl)c1)=N2. The number of fused-ring (bicyclic) bond motifs is 3. The first-order chi connectivity index (χ1) is 14.4.